The molecule has 0 spiro atoms. The van der Waals surface area contributed by atoms with Crippen molar-refractivity contribution in [1.29, 1.82) is 5.26 Å². The first kappa shape index (κ1) is 21.9. The zero-order valence-corrected chi connectivity index (χ0v) is 20.3. The van der Waals surface area contributed by atoms with Crippen molar-refractivity contribution in [1.82, 2.24) is 0 Å². The summed E-state index contributed by atoms with van der Waals surface area (Å²) < 4.78 is 5.67. The molecule has 5 nitrogen and oxygen atoms in total. The first-order chi connectivity index (χ1) is 17.5. The van der Waals surface area contributed by atoms with Crippen molar-refractivity contribution in [3.63, 3.8) is 0 Å². The molecule has 4 aromatic carbocycles. The molecule has 36 heavy (non-hydrogen) atoms. The van der Waals surface area contributed by atoms with Crippen LogP contribution < -0.4 is 14.5 Å². The van der Waals surface area contributed by atoms with Crippen LogP contribution in [0.1, 0.15) is 38.2 Å². The van der Waals surface area contributed by atoms with Crippen LogP contribution in [0.3, 0.4) is 0 Å². The van der Waals surface area contributed by atoms with E-state index in [1.807, 2.05) is 25.1 Å². The van der Waals surface area contributed by atoms with E-state index < -0.39 is 5.97 Å². The van der Waals surface area contributed by atoms with Crippen LogP contribution in [-0.2, 0) is 13.1 Å². The first-order valence-corrected chi connectivity index (χ1v) is 12.0. The second-order valence-electron chi connectivity index (χ2n) is 9.54. The summed E-state index contributed by atoms with van der Waals surface area (Å²) in [7, 11) is 0. The lowest BCUT2D eigenvalue weighted by molar-refractivity contribution is 0.0735. The lowest BCUT2D eigenvalue weighted by Gasteiger charge is -2.45. The molecular weight excluding hydrogens is 446 g/mol. The lowest BCUT2D eigenvalue weighted by atomic mass is 9.92. The van der Waals surface area contributed by atoms with Crippen molar-refractivity contribution in [2.75, 3.05) is 16.5 Å². The summed E-state index contributed by atoms with van der Waals surface area (Å²) in [6, 6.07) is 27.6. The van der Waals surface area contributed by atoms with E-state index in [4.69, 9.17) is 10.00 Å². The number of esters is 1. The molecule has 2 heterocycles. The Hall–Kier alpha value is -4.56. The number of benzene rings is 4. The minimum atomic E-state index is -0.412. The molecule has 5 heteroatoms. The molecule has 0 amide bonds. The molecule has 0 radical (unpaired) electrons. The third-order valence-corrected chi connectivity index (χ3v) is 7.04. The standard InChI is InChI=1S/C31H25N3O2/c1-20-6-12-28-24(14-20)17-33-19-34(28)18-25-15-23(9-13-29(25)33)30-21(2)4-3-5-27(30)31(35)36-26-10-7-22(16-32)8-11-26/h3-15H,17-19H2,1-2H3. The van der Waals surface area contributed by atoms with Gasteiger partial charge in [0.05, 0.1) is 23.9 Å². The van der Waals surface area contributed by atoms with Crippen LogP contribution in [0.25, 0.3) is 11.1 Å². The van der Waals surface area contributed by atoms with Gasteiger partial charge in [0.2, 0.25) is 0 Å². The average Bonchev–Trinajstić information content (AvgIpc) is 2.88. The fraction of sp³-hybridized carbons (Fsp3) is 0.161. The van der Waals surface area contributed by atoms with Crippen LogP contribution in [0, 0.1) is 25.2 Å². The van der Waals surface area contributed by atoms with E-state index in [1.165, 1.54) is 28.1 Å². The van der Waals surface area contributed by atoms with E-state index in [0.717, 1.165) is 36.4 Å². The quantitative estimate of drug-likeness (QED) is 0.257. The van der Waals surface area contributed by atoms with Gasteiger partial charge in [-0.05, 0) is 90.2 Å². The van der Waals surface area contributed by atoms with E-state index in [1.54, 1.807) is 24.3 Å². The molecule has 0 saturated heterocycles. The summed E-state index contributed by atoms with van der Waals surface area (Å²) in [6.07, 6.45) is 0. The third-order valence-electron chi connectivity index (χ3n) is 7.04. The highest BCUT2D eigenvalue weighted by Gasteiger charge is 2.30. The number of rotatable bonds is 3. The highest BCUT2D eigenvalue weighted by molar-refractivity contribution is 5.99. The lowest BCUT2D eigenvalue weighted by Crippen LogP contribution is -2.46. The Morgan fingerprint density at radius 1 is 0.861 bits per heavy atom. The van der Waals surface area contributed by atoms with E-state index in [-0.39, 0.29) is 0 Å². The maximum atomic E-state index is 13.2. The minimum absolute atomic E-state index is 0.412. The fourth-order valence-corrected chi connectivity index (χ4v) is 5.35. The number of ether oxygens (including phenoxy) is 1. The van der Waals surface area contributed by atoms with Crippen molar-refractivity contribution >= 4 is 17.3 Å². The predicted molar refractivity (Wildman–Crippen MR) is 141 cm³/mol. The van der Waals surface area contributed by atoms with Crippen LogP contribution in [0.2, 0.25) is 0 Å². The number of carbonyl (C=O) groups excluding carboxylic acids is 1. The van der Waals surface area contributed by atoms with Crippen LogP contribution in [-0.4, -0.2) is 12.6 Å². The number of fused-ring (bicyclic) bond motifs is 6. The predicted octanol–water partition coefficient (Wildman–Crippen LogP) is 6.36. The SMILES string of the molecule is Cc1ccc2c(c1)CN1CN2Cc2cc(-c3c(C)cccc3C(=O)Oc3ccc(C#N)cc3)ccc21. The molecule has 0 saturated carbocycles. The Morgan fingerprint density at radius 2 is 1.56 bits per heavy atom. The number of hydrogen-bond donors (Lipinski definition) is 0. The molecule has 0 unspecified atom stereocenters. The molecule has 6 rings (SSSR count). The summed E-state index contributed by atoms with van der Waals surface area (Å²) in [5.74, 6) is 0.00372. The highest BCUT2D eigenvalue weighted by atomic mass is 16.5. The van der Waals surface area contributed by atoms with Crippen LogP contribution >= 0.6 is 0 Å². The Morgan fingerprint density at radius 3 is 2.28 bits per heavy atom. The minimum Gasteiger partial charge on any atom is -0.423 e. The zero-order valence-electron chi connectivity index (χ0n) is 20.3. The Bertz CT molecular complexity index is 1550. The summed E-state index contributed by atoms with van der Waals surface area (Å²) in [5.41, 5.74) is 10.4. The Labute approximate surface area is 210 Å². The molecule has 176 valence electrons. The van der Waals surface area contributed by atoms with Gasteiger partial charge < -0.3 is 14.5 Å². The van der Waals surface area contributed by atoms with Crippen LogP contribution in [0.5, 0.6) is 5.75 Å². The normalized spacial score (nSPS) is 13.5. The van der Waals surface area contributed by atoms with Gasteiger partial charge in [-0.15, -0.1) is 0 Å². The maximum Gasteiger partial charge on any atom is 0.344 e. The fourth-order valence-electron chi connectivity index (χ4n) is 5.35. The molecule has 0 aliphatic carbocycles. The molecule has 2 aliphatic heterocycles. The average molecular weight is 472 g/mol. The maximum absolute atomic E-state index is 13.2. The Balaban J connectivity index is 1.34. The van der Waals surface area contributed by atoms with Gasteiger partial charge in [0, 0.05) is 24.5 Å². The highest BCUT2D eigenvalue weighted by Crippen LogP contribution is 2.40. The molecule has 4 aromatic rings. The van der Waals surface area contributed by atoms with Gasteiger partial charge in [0.15, 0.2) is 0 Å². The summed E-state index contributed by atoms with van der Waals surface area (Å²) in [6.45, 7) is 6.77. The van der Waals surface area contributed by atoms with Gasteiger partial charge in [-0.3, -0.25) is 0 Å². The Kier molecular flexibility index (Phi) is 5.23. The second-order valence-corrected chi connectivity index (χ2v) is 9.54. The van der Waals surface area contributed by atoms with Gasteiger partial charge in [0.25, 0.3) is 0 Å². The molecule has 0 N–H and O–H groups in total. The number of nitriles is 1. The molecule has 0 aromatic heterocycles. The molecule has 2 aliphatic rings. The third kappa shape index (κ3) is 3.77. The van der Waals surface area contributed by atoms with Gasteiger partial charge >= 0.3 is 5.97 Å². The summed E-state index contributed by atoms with van der Waals surface area (Å²) in [5, 5.41) is 9.01. The topological polar surface area (TPSA) is 56.6 Å². The van der Waals surface area contributed by atoms with Gasteiger partial charge in [-0.1, -0.05) is 35.9 Å². The number of nitrogens with zero attached hydrogens (tertiary/aromatic N) is 3. The van der Waals surface area contributed by atoms with Gasteiger partial charge in [-0.2, -0.15) is 5.26 Å². The number of aryl methyl sites for hydroxylation is 2. The number of carbonyl (C=O) groups is 1. The molecular formula is C31H25N3O2. The van der Waals surface area contributed by atoms with E-state index in [0.29, 0.717) is 16.9 Å². The first-order valence-electron chi connectivity index (χ1n) is 12.0. The van der Waals surface area contributed by atoms with E-state index in [2.05, 4.69) is 59.2 Å². The van der Waals surface area contributed by atoms with Crippen molar-refractivity contribution < 1.29 is 9.53 Å². The van der Waals surface area contributed by atoms with Crippen molar-refractivity contribution in [3.8, 4) is 22.9 Å². The van der Waals surface area contributed by atoms with Crippen molar-refractivity contribution in [2.24, 2.45) is 0 Å². The summed E-state index contributed by atoms with van der Waals surface area (Å²) >= 11 is 0. The smallest absolute Gasteiger partial charge is 0.344 e. The summed E-state index contributed by atoms with van der Waals surface area (Å²) in [4.78, 5) is 18.1. The molecule has 0 fully saturated rings. The van der Waals surface area contributed by atoms with E-state index in [9.17, 15) is 4.79 Å². The second kappa shape index (κ2) is 8.58. The monoisotopic (exact) mass is 471 g/mol. The van der Waals surface area contributed by atoms with Gasteiger partial charge in [-0.25, -0.2) is 4.79 Å². The van der Waals surface area contributed by atoms with Crippen molar-refractivity contribution in [3.05, 3.63) is 112 Å². The molecule has 0 atom stereocenters. The van der Waals surface area contributed by atoms with E-state index >= 15 is 0 Å². The zero-order chi connectivity index (χ0) is 24.8. The van der Waals surface area contributed by atoms with Crippen molar-refractivity contribution in [2.45, 2.75) is 26.9 Å². The van der Waals surface area contributed by atoms with Crippen LogP contribution in [0.15, 0.2) is 78.9 Å². The number of anilines is 2. The van der Waals surface area contributed by atoms with Crippen LogP contribution in [0.4, 0.5) is 11.4 Å². The largest absolute Gasteiger partial charge is 0.423 e. The molecule has 2 bridgehead atoms. The number of hydrogen-bond acceptors (Lipinski definition) is 5. The van der Waals surface area contributed by atoms with Gasteiger partial charge in [0.1, 0.15) is 5.75 Å².